The minimum atomic E-state index is -1.27. The molecule has 1 saturated carbocycles. The third kappa shape index (κ3) is 8.04. The van der Waals surface area contributed by atoms with Crippen molar-refractivity contribution in [3.05, 3.63) is 78.1 Å². The summed E-state index contributed by atoms with van der Waals surface area (Å²) in [5.74, 6) is 0.265. The first-order valence-corrected chi connectivity index (χ1v) is 24.2. The van der Waals surface area contributed by atoms with Crippen molar-refractivity contribution in [3.8, 4) is 23.1 Å². The maximum Gasteiger partial charge on any atom is 0.328 e. The van der Waals surface area contributed by atoms with Crippen molar-refractivity contribution in [3.63, 3.8) is 0 Å². The number of nitrogens with two attached hydrogens (primary N) is 1. The molecule has 5 aromatic rings. The smallest absolute Gasteiger partial charge is 0.328 e. The highest BCUT2D eigenvalue weighted by Crippen LogP contribution is 2.49. The van der Waals surface area contributed by atoms with E-state index in [1.54, 1.807) is 23.2 Å². The van der Waals surface area contributed by atoms with Crippen LogP contribution in [-0.4, -0.2) is 112 Å². The van der Waals surface area contributed by atoms with E-state index in [9.17, 15) is 20.0 Å². The van der Waals surface area contributed by atoms with Crippen LogP contribution in [0.4, 0.5) is 37.8 Å². The van der Waals surface area contributed by atoms with Crippen LogP contribution in [0.3, 0.4) is 0 Å². The summed E-state index contributed by atoms with van der Waals surface area (Å²) in [4.78, 5) is 40.0. The van der Waals surface area contributed by atoms with Crippen molar-refractivity contribution in [1.29, 1.82) is 5.26 Å². The third-order valence-corrected chi connectivity index (χ3v) is 16.3. The summed E-state index contributed by atoms with van der Waals surface area (Å²) in [6.07, 6.45) is 13.8. The number of aromatic hydroxyl groups is 1. The number of anilines is 5. The molecule has 6 fully saturated rings. The summed E-state index contributed by atoms with van der Waals surface area (Å²) >= 11 is 0. The second-order valence-corrected chi connectivity index (χ2v) is 20.2. The zero-order valence-electron chi connectivity index (χ0n) is 38.2. The van der Waals surface area contributed by atoms with E-state index in [4.69, 9.17) is 10.7 Å². The Kier molecular flexibility index (Phi) is 10.9. The van der Waals surface area contributed by atoms with Crippen molar-refractivity contribution < 1.29 is 19.1 Å². The number of phenolic OH excluding ortho intramolecular Hbond substituents is 1. The number of aryl methyl sites for hydroxylation is 1. The Balaban J connectivity index is 0.689. The van der Waals surface area contributed by atoms with Crippen LogP contribution < -0.4 is 30.7 Å². The summed E-state index contributed by atoms with van der Waals surface area (Å²) in [6.45, 7) is 7.40. The first kappa shape index (κ1) is 43.1. The predicted octanol–water partition coefficient (Wildman–Crippen LogP) is 7.47. The highest BCUT2D eigenvalue weighted by Gasteiger charge is 2.44. The third-order valence-electron chi connectivity index (χ3n) is 16.3. The Bertz CT molecular complexity index is 2750. The first-order chi connectivity index (χ1) is 32.4. The van der Waals surface area contributed by atoms with Gasteiger partial charge in [0.2, 0.25) is 5.91 Å². The number of benzene rings is 2. The second kappa shape index (κ2) is 17.0. The van der Waals surface area contributed by atoms with Gasteiger partial charge >= 0.3 is 6.03 Å². The van der Waals surface area contributed by atoms with E-state index in [2.05, 4.69) is 71.0 Å². The van der Waals surface area contributed by atoms with Gasteiger partial charge in [0, 0.05) is 99.5 Å². The fourth-order valence-electron chi connectivity index (χ4n) is 12.4. The van der Waals surface area contributed by atoms with Crippen LogP contribution >= 0.6 is 0 Å². The SMILES string of the molecule is Cc1cn(C2CCC3(CC2)CCN(CC2(F)CCN(c4cc(N5C6CCC5CN(c5cc(-c7ccccc7O)nnc5N)C6)ccc4C#N)CC2)CC3)c2ncc(N3CCC(=O)NC3=O)cc12. The molecule has 5 aliphatic heterocycles. The molecule has 6 aliphatic rings. The molecule has 8 heterocycles. The number of pyridine rings is 1. The van der Waals surface area contributed by atoms with Crippen LogP contribution in [0.1, 0.15) is 87.8 Å². The number of nitriles is 1. The van der Waals surface area contributed by atoms with Gasteiger partial charge in [0.25, 0.3) is 0 Å². The number of rotatable bonds is 8. The zero-order valence-corrected chi connectivity index (χ0v) is 38.2. The highest BCUT2D eigenvalue weighted by molar-refractivity contribution is 6.06. The molecule has 1 spiro atoms. The molecule has 348 valence electrons. The summed E-state index contributed by atoms with van der Waals surface area (Å²) in [7, 11) is 0. The van der Waals surface area contributed by atoms with E-state index in [1.807, 2.05) is 30.3 Å². The number of nitrogens with one attached hydrogen (secondary N) is 1. The lowest BCUT2D eigenvalue weighted by molar-refractivity contribution is -0.120. The van der Waals surface area contributed by atoms with Crippen LogP contribution in [0.5, 0.6) is 5.75 Å². The van der Waals surface area contributed by atoms with Gasteiger partial charge in [0.1, 0.15) is 23.1 Å². The maximum absolute atomic E-state index is 16.8. The van der Waals surface area contributed by atoms with E-state index >= 15 is 4.39 Å². The number of phenols is 1. The molecule has 1 aliphatic carbocycles. The number of aromatic nitrogens is 4. The normalized spacial score (nSPS) is 23.2. The summed E-state index contributed by atoms with van der Waals surface area (Å²) in [5, 5.41) is 32.7. The molecule has 11 rings (SSSR count). The number of amides is 3. The molecule has 0 radical (unpaired) electrons. The number of piperazine rings is 1. The predicted molar refractivity (Wildman–Crippen MR) is 257 cm³/mol. The van der Waals surface area contributed by atoms with E-state index in [0.717, 1.165) is 111 Å². The molecule has 4 N–H and O–H groups in total. The van der Waals surface area contributed by atoms with Crippen LogP contribution in [0.15, 0.2) is 67.0 Å². The number of carbonyl (C=O) groups excluding carboxylic acids is 2. The van der Waals surface area contributed by atoms with E-state index < -0.39 is 11.7 Å². The number of hydrogen-bond acceptors (Lipinski definition) is 12. The van der Waals surface area contributed by atoms with Crippen LogP contribution in [0.2, 0.25) is 0 Å². The van der Waals surface area contributed by atoms with Gasteiger partial charge in [-0.3, -0.25) is 15.0 Å². The summed E-state index contributed by atoms with van der Waals surface area (Å²) in [6, 6.07) is 20.1. The Morgan fingerprint density at radius 3 is 2.31 bits per heavy atom. The van der Waals surface area contributed by atoms with Crippen LogP contribution in [0.25, 0.3) is 22.3 Å². The van der Waals surface area contributed by atoms with Gasteiger partial charge in [0.05, 0.1) is 34.5 Å². The largest absolute Gasteiger partial charge is 0.507 e. The lowest BCUT2D eigenvalue weighted by Crippen LogP contribution is -2.54. The fraction of sp³-hybridized carbons (Fsp3) is 0.490. The van der Waals surface area contributed by atoms with E-state index in [1.165, 1.54) is 0 Å². The number of piperidine rings is 2. The van der Waals surface area contributed by atoms with Crippen molar-refractivity contribution in [1.82, 2.24) is 30.0 Å². The second-order valence-electron chi connectivity index (χ2n) is 20.2. The number of likely N-dealkylation sites (tertiary alicyclic amines) is 1. The number of imide groups is 1. The number of carbonyl (C=O) groups is 2. The zero-order chi connectivity index (χ0) is 46.0. The van der Waals surface area contributed by atoms with Gasteiger partial charge in [-0.1, -0.05) is 12.1 Å². The van der Waals surface area contributed by atoms with Gasteiger partial charge in [-0.15, -0.1) is 10.2 Å². The molecule has 2 unspecified atom stereocenters. The monoisotopic (exact) mass is 906 g/mol. The maximum atomic E-state index is 16.8. The highest BCUT2D eigenvalue weighted by atomic mass is 19.1. The summed E-state index contributed by atoms with van der Waals surface area (Å²) in [5.41, 5.74) is 12.8. The molecule has 3 amide bonds. The molecule has 16 heteroatoms. The van der Waals surface area contributed by atoms with Crippen molar-refractivity contribution in [2.45, 2.75) is 101 Å². The van der Waals surface area contributed by atoms with Gasteiger partial charge < -0.3 is 35.0 Å². The minimum Gasteiger partial charge on any atom is -0.507 e. The number of hydrogen-bond donors (Lipinski definition) is 3. The van der Waals surface area contributed by atoms with Crippen LogP contribution in [0, 0.1) is 23.7 Å². The molecule has 3 aromatic heterocycles. The number of alkyl halides is 1. The van der Waals surface area contributed by atoms with Crippen molar-refractivity contribution in [2.75, 3.05) is 77.7 Å². The molecule has 2 aromatic carbocycles. The molecule has 2 atom stereocenters. The Labute approximate surface area is 390 Å². The number of nitrogen functional groups attached to an aromatic ring is 1. The number of halogens is 1. The number of urea groups is 1. The van der Waals surface area contributed by atoms with Crippen molar-refractivity contribution >= 4 is 51.5 Å². The van der Waals surface area contributed by atoms with E-state index in [-0.39, 0.29) is 30.2 Å². The lowest BCUT2D eigenvalue weighted by atomic mass is 9.67. The van der Waals surface area contributed by atoms with Crippen LogP contribution in [-0.2, 0) is 4.79 Å². The standard InChI is InChI=1S/C51H59FN12O3/c1-33-29-63(48-41(33)24-39(28-55-48)62-19-12-46(66)56-49(62)67)35-10-13-50(14-11-35)15-20-59(21-16-50)32-51(52)17-22-60(23-18-51)43-25-36(7-6-34(43)27-53)64-37-8-9-38(64)31-61(30-37)44-26-42(57-58-47(44)54)40-4-2-3-5-45(40)65/h2-7,24-26,28-29,35,37-38,65H,8-23,30-32H2,1H3,(H2,54,58)(H,56,66,67). The lowest BCUT2D eigenvalue weighted by Gasteiger charge is -2.48. The van der Waals surface area contributed by atoms with Crippen molar-refractivity contribution in [2.24, 2.45) is 5.41 Å². The van der Waals surface area contributed by atoms with E-state index in [0.29, 0.717) is 78.8 Å². The molecule has 5 saturated heterocycles. The fourth-order valence-corrected chi connectivity index (χ4v) is 12.4. The Morgan fingerprint density at radius 1 is 0.851 bits per heavy atom. The van der Waals surface area contributed by atoms with Gasteiger partial charge in [-0.25, -0.2) is 14.2 Å². The summed E-state index contributed by atoms with van der Waals surface area (Å²) < 4.78 is 19.1. The Morgan fingerprint density at radius 2 is 1.60 bits per heavy atom. The topological polar surface area (TPSA) is 176 Å². The quantitative estimate of drug-likeness (QED) is 0.140. The molecular formula is C51H59FN12O3. The average Bonchev–Trinajstić information content (AvgIpc) is 3.81. The molecule has 15 nitrogen and oxygen atoms in total. The van der Waals surface area contributed by atoms with Gasteiger partial charge in [0.15, 0.2) is 5.82 Å². The first-order valence-electron chi connectivity index (χ1n) is 24.2. The molecule has 67 heavy (non-hydrogen) atoms. The number of para-hydroxylation sites is 1. The molecule has 2 bridgehead atoms. The average molecular weight is 907 g/mol. The van der Waals surface area contributed by atoms with Gasteiger partial charge in [-0.05, 0) is 125 Å². The molecular weight excluding hydrogens is 848 g/mol. The Hall–Kier alpha value is -6.47. The number of fused-ring (bicyclic) bond motifs is 3. The minimum absolute atomic E-state index is 0.147. The van der Waals surface area contributed by atoms with Gasteiger partial charge in [-0.2, -0.15) is 5.26 Å². The number of nitrogens with zero attached hydrogens (tertiary/aromatic N) is 10.